The van der Waals surface area contributed by atoms with Crippen LogP contribution < -0.4 is 15.4 Å². The molecule has 1 aliphatic carbocycles. The number of unbranched alkanes of at least 4 members (excludes halogenated alkanes) is 2. The predicted molar refractivity (Wildman–Crippen MR) is 376 cm³/mol. The van der Waals surface area contributed by atoms with E-state index >= 15 is 0 Å². The number of amides is 1. The molecule has 0 unspecified atom stereocenters. The number of benzene rings is 4. The second kappa shape index (κ2) is 37.9. The summed E-state index contributed by atoms with van der Waals surface area (Å²) in [4.78, 5) is 25.7. The highest BCUT2D eigenvalue weighted by molar-refractivity contribution is 6.30. The summed E-state index contributed by atoms with van der Waals surface area (Å²) in [6.45, 7) is 23.7. The molecule has 6 N–H and O–H groups in total. The van der Waals surface area contributed by atoms with Crippen molar-refractivity contribution in [1.82, 2.24) is 65.3 Å². The Morgan fingerprint density at radius 2 is 1.04 bits per heavy atom. The van der Waals surface area contributed by atoms with E-state index in [-0.39, 0.29) is 28.6 Å². The number of ether oxygens (including phenoxy) is 1. The van der Waals surface area contributed by atoms with E-state index in [2.05, 4.69) is 152 Å². The van der Waals surface area contributed by atoms with Gasteiger partial charge < -0.3 is 39.9 Å². The minimum absolute atomic E-state index is 0.0507. The molecule has 0 bridgehead atoms. The van der Waals surface area contributed by atoms with E-state index in [0.717, 1.165) is 141 Å². The summed E-state index contributed by atoms with van der Waals surface area (Å²) in [5.41, 5.74) is 19.6. The molecule has 1 amide bonds. The van der Waals surface area contributed by atoms with Gasteiger partial charge in [0.25, 0.3) is 0 Å². The number of aromatic amines is 4. The van der Waals surface area contributed by atoms with Crippen molar-refractivity contribution < 1.29 is 18.3 Å². The summed E-state index contributed by atoms with van der Waals surface area (Å²) in [6, 6.07) is 28.3. The molecule has 2 fully saturated rings. The van der Waals surface area contributed by atoms with Gasteiger partial charge in [0, 0.05) is 116 Å². The van der Waals surface area contributed by atoms with Crippen LogP contribution in [-0.2, 0) is 31.0 Å². The summed E-state index contributed by atoms with van der Waals surface area (Å²) >= 11 is 5.71. The summed E-state index contributed by atoms with van der Waals surface area (Å²) in [7, 11) is 8.40. The maximum Gasteiger partial charge on any atom is 0.222 e. The number of halogens is 3. The fourth-order valence-electron chi connectivity index (χ4n) is 11.2. The van der Waals surface area contributed by atoms with Crippen molar-refractivity contribution in [2.45, 2.75) is 132 Å². The molecule has 1 saturated heterocycles. The van der Waals surface area contributed by atoms with E-state index in [1.807, 2.05) is 67.7 Å². The Hall–Kier alpha value is -7.77. The minimum atomic E-state index is -0.413. The first-order valence-electron chi connectivity index (χ1n) is 33.4. The molecule has 1 saturated carbocycles. The summed E-state index contributed by atoms with van der Waals surface area (Å²) < 4.78 is 33.2. The first-order valence-corrected chi connectivity index (χ1v) is 33.8. The number of nitrogens with zero attached hydrogens (tertiary/aromatic N) is 11. The van der Waals surface area contributed by atoms with Crippen LogP contribution in [0.25, 0.3) is 45.0 Å². The number of piperazine rings is 1. The highest BCUT2D eigenvalue weighted by atomic mass is 35.5. The average molecular weight is 1310 g/mol. The lowest BCUT2D eigenvalue weighted by Gasteiger charge is -2.36. The first kappa shape index (κ1) is 73.6. The van der Waals surface area contributed by atoms with Crippen LogP contribution in [-0.4, -0.2) is 164 Å². The van der Waals surface area contributed by atoms with Crippen LogP contribution >= 0.6 is 11.6 Å². The zero-order valence-electron chi connectivity index (χ0n) is 57.1. The normalized spacial score (nSPS) is 13.1. The molecule has 1 aliphatic heterocycles. The largest absolute Gasteiger partial charge is 0.488 e. The van der Waals surface area contributed by atoms with Crippen molar-refractivity contribution >= 4 is 23.2 Å². The van der Waals surface area contributed by atoms with Crippen LogP contribution in [0.4, 0.5) is 14.5 Å². The predicted octanol–water partition coefficient (Wildman–Crippen LogP) is 14.1. The van der Waals surface area contributed by atoms with Gasteiger partial charge in [0.05, 0.1) is 70.3 Å². The van der Waals surface area contributed by atoms with E-state index in [1.165, 1.54) is 80.3 Å². The van der Waals surface area contributed by atoms with Crippen LogP contribution in [0.15, 0.2) is 110 Å². The van der Waals surface area contributed by atoms with Crippen molar-refractivity contribution in [2.24, 2.45) is 17.6 Å². The Morgan fingerprint density at radius 3 is 1.46 bits per heavy atom. The zero-order valence-corrected chi connectivity index (χ0v) is 57.9. The van der Waals surface area contributed by atoms with Gasteiger partial charge in [0.1, 0.15) is 5.82 Å². The number of nitrogens with one attached hydrogen (secondary N) is 4. The molecule has 8 aromatic rings. The molecule has 18 nitrogen and oxygen atoms in total. The minimum Gasteiger partial charge on any atom is -0.488 e. The fraction of sp³-hybridized carbons (Fsp3) is 0.479. The number of carbonyl (C=O) groups excluding carboxylic acids is 1. The summed E-state index contributed by atoms with van der Waals surface area (Å²) in [5, 5.41) is 37.8. The van der Waals surface area contributed by atoms with Crippen molar-refractivity contribution in [1.29, 1.82) is 5.26 Å². The van der Waals surface area contributed by atoms with E-state index in [0.29, 0.717) is 24.4 Å². The molecule has 4 aromatic heterocycles. The highest BCUT2D eigenvalue weighted by Gasteiger charge is 2.24. The van der Waals surface area contributed by atoms with Gasteiger partial charge in [0.15, 0.2) is 11.6 Å². The molecule has 2 aliphatic rings. The molecule has 506 valence electrons. The number of aromatic nitrogens is 8. The molecule has 4 aromatic carbocycles. The third-order valence-corrected chi connectivity index (χ3v) is 16.9. The zero-order chi connectivity index (χ0) is 67.5. The molecule has 0 spiro atoms. The summed E-state index contributed by atoms with van der Waals surface area (Å²) in [6.07, 6.45) is 18.2. The topological polar surface area (TPSA) is 210 Å². The second-order valence-corrected chi connectivity index (χ2v) is 26.2. The van der Waals surface area contributed by atoms with Gasteiger partial charge in [-0.15, -0.1) is 0 Å². The third-order valence-electron chi connectivity index (χ3n) is 16.6. The molecule has 21 heteroatoms. The standard InChI is InChI=1S/C22H34N6O.C18H26FN3O.C18H22N4.C15H19ClFN3/c1-17(2)14-21(29)28-12-10-27(11-13-28)20-6-4-18(5-7-20)22-19(15-24-25-22)16-26(3)9-8-23;1-5-6-9-22(4)12-15-11-20-21-18(15)14-7-8-17(16(19)10-14)23-13(2)3;1-22(10-2-3-14-4-5-14)13-17-12-20-21-18(17)16-8-6-15(11-19)7-9-16;1-3-4-7-20(2)10-12-9-18-19-15(12)11-5-6-13(16)14(17)8-11/h4-7,15,17H,8-14,16,23H2,1-3H3,(H,24,25);7-8,10-11,13H,5-6,9,12H2,1-4H3,(H,20,21);6-9,12,14H,2-5,10,13H2,1H3,(H,20,21);5-6,8-9H,3-4,7,10H2,1-2H3,(H,18,19). The molecule has 5 heterocycles. The van der Waals surface area contributed by atoms with Gasteiger partial charge in [-0.25, -0.2) is 8.78 Å². The van der Waals surface area contributed by atoms with Crippen molar-refractivity contribution in [3.05, 3.63) is 154 Å². The quantitative estimate of drug-likeness (QED) is 0.0296. The van der Waals surface area contributed by atoms with Crippen LogP contribution in [0.1, 0.15) is 127 Å². The van der Waals surface area contributed by atoms with Crippen molar-refractivity contribution in [3.63, 3.8) is 0 Å². The van der Waals surface area contributed by atoms with E-state index in [1.54, 1.807) is 24.4 Å². The van der Waals surface area contributed by atoms with Gasteiger partial charge in [0.2, 0.25) is 5.91 Å². The van der Waals surface area contributed by atoms with Gasteiger partial charge in [-0.05, 0) is 159 Å². The first-order chi connectivity index (χ1) is 45.4. The number of hydrogen-bond acceptors (Lipinski definition) is 13. The molecular formula is C73H101ClF2N16O2. The fourth-order valence-corrected chi connectivity index (χ4v) is 11.4. The van der Waals surface area contributed by atoms with E-state index in [4.69, 9.17) is 27.3 Å². The molecule has 0 atom stereocenters. The van der Waals surface area contributed by atoms with Crippen LogP contribution in [0.3, 0.4) is 0 Å². The SMILES string of the molecule is CC(C)CC(=O)N1CCN(c2ccc(-c3[nH]ncc3CN(C)CCN)cc2)CC1.CCCCN(C)Cc1cn[nH]c1-c1ccc(Cl)c(F)c1.CCCCN(C)Cc1cn[nH]c1-c1ccc(OC(C)C)c(F)c1.CN(CCCC1CC1)Cc1cn[nH]c1-c1ccc(C#N)cc1. The molecule has 94 heavy (non-hydrogen) atoms. The number of rotatable bonds is 29. The Morgan fingerprint density at radius 1 is 0.617 bits per heavy atom. The van der Waals surface area contributed by atoms with E-state index in [9.17, 15) is 13.6 Å². The second-order valence-electron chi connectivity index (χ2n) is 25.8. The van der Waals surface area contributed by atoms with Gasteiger partial charge in [-0.3, -0.25) is 25.2 Å². The summed E-state index contributed by atoms with van der Waals surface area (Å²) in [5.74, 6) is 1.22. The van der Waals surface area contributed by atoms with Crippen molar-refractivity contribution in [2.75, 3.05) is 92.0 Å². The Labute approximate surface area is 561 Å². The number of H-pyrrole nitrogens is 4. The lowest BCUT2D eigenvalue weighted by atomic mass is 10.1. The monoisotopic (exact) mass is 1310 g/mol. The number of carbonyl (C=O) groups is 1. The molecule has 10 rings (SSSR count). The van der Waals surface area contributed by atoms with Crippen LogP contribution in [0.5, 0.6) is 5.75 Å². The number of hydrogen-bond donors (Lipinski definition) is 5. The van der Waals surface area contributed by atoms with Gasteiger partial charge in [-0.2, -0.15) is 25.7 Å². The number of likely N-dealkylation sites (N-methyl/N-ethyl adjacent to an activating group) is 1. The Bertz CT molecular complexity index is 3550. The van der Waals surface area contributed by atoms with Gasteiger partial charge >= 0.3 is 0 Å². The van der Waals surface area contributed by atoms with E-state index < -0.39 is 5.82 Å². The van der Waals surface area contributed by atoms with Crippen LogP contribution in [0, 0.1) is 34.8 Å². The third kappa shape index (κ3) is 23.3. The lowest BCUT2D eigenvalue weighted by molar-refractivity contribution is -0.132. The maximum atomic E-state index is 14.2. The van der Waals surface area contributed by atoms with Crippen LogP contribution in [0.2, 0.25) is 5.02 Å². The maximum absolute atomic E-state index is 14.2. The number of anilines is 1. The Kier molecular flexibility index (Phi) is 29.7. The number of nitrogens with two attached hydrogens (primary N) is 1. The van der Waals surface area contributed by atoms with Crippen molar-refractivity contribution in [3.8, 4) is 56.8 Å². The smallest absolute Gasteiger partial charge is 0.222 e. The lowest BCUT2D eigenvalue weighted by Crippen LogP contribution is -2.49. The molecule has 0 radical (unpaired) electrons. The highest BCUT2D eigenvalue weighted by Crippen LogP contribution is 2.34. The Balaban J connectivity index is 0.000000179. The van der Waals surface area contributed by atoms with Gasteiger partial charge in [-0.1, -0.05) is 95.3 Å². The molecular weight excluding hydrogens is 1210 g/mol. The average Bonchev–Trinajstić information content (AvgIpc) is 1.59. The number of nitriles is 1.